The third kappa shape index (κ3) is 3.90. The molecule has 7 heteroatoms. The number of imide groups is 1. The van der Waals surface area contributed by atoms with Crippen molar-refractivity contribution in [3.63, 3.8) is 0 Å². The molecule has 0 bridgehead atoms. The minimum Gasteiger partial charge on any atom is -0.465 e. The van der Waals surface area contributed by atoms with Crippen LogP contribution in [0.15, 0.2) is 24.3 Å². The van der Waals surface area contributed by atoms with Gasteiger partial charge in [0.25, 0.3) is 0 Å². The molecule has 1 aromatic rings. The Kier molecular flexibility index (Phi) is 4.94. The third-order valence-corrected chi connectivity index (χ3v) is 2.72. The van der Waals surface area contributed by atoms with E-state index in [1.807, 2.05) is 0 Å². The highest BCUT2D eigenvalue weighted by Crippen LogP contribution is 2.16. The molecule has 0 fully saturated rings. The lowest BCUT2D eigenvalue weighted by atomic mass is 10.1. The molecule has 3 amide bonds. The first kappa shape index (κ1) is 14.3. The Morgan fingerprint density at radius 2 is 2.00 bits per heavy atom. The Balaban J connectivity index is 2.66. The fraction of sp³-hybridized carbons (Fsp3) is 0.273. The highest BCUT2D eigenvalue weighted by molar-refractivity contribution is 6.31. The normalized spacial score (nSPS) is 11.9. The molecular weight excluding hydrogens is 258 g/mol. The molecule has 0 aliphatic heterocycles. The highest BCUT2D eigenvalue weighted by atomic mass is 35.5. The van der Waals surface area contributed by atoms with Crippen molar-refractivity contribution in [2.75, 3.05) is 6.54 Å². The van der Waals surface area contributed by atoms with Crippen LogP contribution in [0.3, 0.4) is 0 Å². The number of benzene rings is 1. The van der Waals surface area contributed by atoms with E-state index in [0.29, 0.717) is 16.3 Å². The Morgan fingerprint density at radius 1 is 1.39 bits per heavy atom. The molecule has 0 radical (unpaired) electrons. The van der Waals surface area contributed by atoms with Crippen molar-refractivity contribution in [2.24, 2.45) is 11.5 Å². The molecule has 0 heterocycles. The first-order valence-electron chi connectivity index (χ1n) is 5.20. The lowest BCUT2D eigenvalue weighted by molar-refractivity contribution is 0.149. The Labute approximate surface area is 109 Å². The molecule has 0 aromatic heterocycles. The van der Waals surface area contributed by atoms with E-state index in [1.165, 1.54) is 0 Å². The zero-order valence-electron chi connectivity index (χ0n) is 9.54. The molecule has 5 N–H and O–H groups in total. The number of carboxylic acid groups (broad SMARTS) is 1. The van der Waals surface area contributed by atoms with Crippen molar-refractivity contribution < 1.29 is 14.7 Å². The van der Waals surface area contributed by atoms with Crippen molar-refractivity contribution >= 4 is 23.7 Å². The van der Waals surface area contributed by atoms with Crippen molar-refractivity contribution in [2.45, 2.75) is 12.5 Å². The molecule has 98 valence electrons. The predicted octanol–water partition coefficient (Wildman–Crippen LogP) is 1.27. The quantitative estimate of drug-likeness (QED) is 0.766. The van der Waals surface area contributed by atoms with Crippen LogP contribution < -0.4 is 11.5 Å². The summed E-state index contributed by atoms with van der Waals surface area (Å²) < 4.78 is 0. The molecule has 1 aromatic carbocycles. The predicted molar refractivity (Wildman–Crippen MR) is 67.4 cm³/mol. The SMILES string of the molecule is NC(=O)N(C[C@H](N)Cc1ccccc1Cl)C(=O)O. The second-order valence-electron chi connectivity index (χ2n) is 3.79. The number of rotatable bonds is 4. The van der Waals surface area contributed by atoms with Crippen LogP contribution in [0.1, 0.15) is 5.56 Å². The smallest absolute Gasteiger partial charge is 0.415 e. The van der Waals surface area contributed by atoms with E-state index in [9.17, 15) is 9.59 Å². The summed E-state index contributed by atoms with van der Waals surface area (Å²) in [6.45, 7) is -0.171. The molecule has 0 spiro atoms. The van der Waals surface area contributed by atoms with Crippen LogP contribution in [-0.2, 0) is 6.42 Å². The van der Waals surface area contributed by atoms with Crippen LogP contribution >= 0.6 is 11.6 Å². The number of primary amides is 1. The summed E-state index contributed by atoms with van der Waals surface area (Å²) >= 11 is 5.95. The number of carbonyl (C=O) groups excluding carboxylic acids is 1. The minimum atomic E-state index is -1.42. The first-order valence-corrected chi connectivity index (χ1v) is 5.58. The lowest BCUT2D eigenvalue weighted by Crippen LogP contribution is -2.47. The maximum atomic E-state index is 10.9. The summed E-state index contributed by atoms with van der Waals surface area (Å²) in [5, 5.41) is 9.31. The van der Waals surface area contributed by atoms with Gasteiger partial charge >= 0.3 is 12.1 Å². The summed E-state index contributed by atoms with van der Waals surface area (Å²) in [6, 6.07) is 5.48. The number of amides is 3. The van der Waals surface area contributed by atoms with Crippen molar-refractivity contribution in [1.29, 1.82) is 0 Å². The van der Waals surface area contributed by atoms with Crippen LogP contribution in [0.5, 0.6) is 0 Å². The number of nitrogens with two attached hydrogens (primary N) is 2. The molecule has 0 saturated heterocycles. The van der Waals surface area contributed by atoms with Gasteiger partial charge in [0.05, 0.1) is 0 Å². The van der Waals surface area contributed by atoms with Crippen molar-refractivity contribution in [3.05, 3.63) is 34.9 Å². The third-order valence-electron chi connectivity index (χ3n) is 2.35. The second-order valence-corrected chi connectivity index (χ2v) is 4.19. The van der Waals surface area contributed by atoms with Crippen LogP contribution in [0.2, 0.25) is 5.02 Å². The second kappa shape index (κ2) is 6.23. The number of halogens is 1. The maximum absolute atomic E-state index is 10.9. The van der Waals surface area contributed by atoms with E-state index in [4.69, 9.17) is 28.2 Å². The molecule has 6 nitrogen and oxygen atoms in total. The van der Waals surface area contributed by atoms with E-state index in [0.717, 1.165) is 5.56 Å². The molecule has 18 heavy (non-hydrogen) atoms. The molecule has 1 atom stereocenters. The number of hydrogen-bond donors (Lipinski definition) is 3. The molecule has 1 rings (SSSR count). The molecule has 0 saturated carbocycles. The van der Waals surface area contributed by atoms with Crippen LogP contribution in [0.25, 0.3) is 0 Å². The van der Waals surface area contributed by atoms with E-state index in [1.54, 1.807) is 24.3 Å². The van der Waals surface area contributed by atoms with Gasteiger partial charge in [0.1, 0.15) is 0 Å². The Bertz CT molecular complexity index is 439. The van der Waals surface area contributed by atoms with Gasteiger partial charge in [-0.25, -0.2) is 14.5 Å². The molecular formula is C11H14ClN3O3. The molecule has 0 aliphatic rings. The standard InChI is InChI=1S/C11H14ClN3O3/c12-9-4-2-1-3-7(9)5-8(13)6-15(10(14)16)11(17)18/h1-4,8H,5-6,13H2,(H2,14,16)(H,17,18)/t8-/m1/s1. The van der Waals surface area contributed by atoms with E-state index >= 15 is 0 Å². The van der Waals surface area contributed by atoms with Gasteiger partial charge in [0.2, 0.25) is 0 Å². The van der Waals surface area contributed by atoms with Gasteiger partial charge in [0.15, 0.2) is 0 Å². The average Bonchev–Trinajstić information content (AvgIpc) is 2.28. The number of hydrogen-bond acceptors (Lipinski definition) is 3. The molecule has 0 unspecified atom stereocenters. The van der Waals surface area contributed by atoms with Gasteiger partial charge in [-0.3, -0.25) is 0 Å². The largest absolute Gasteiger partial charge is 0.465 e. The Hall–Kier alpha value is -1.79. The van der Waals surface area contributed by atoms with Gasteiger partial charge in [-0.1, -0.05) is 29.8 Å². The van der Waals surface area contributed by atoms with Gasteiger partial charge in [0, 0.05) is 17.6 Å². The fourth-order valence-electron chi connectivity index (χ4n) is 1.51. The van der Waals surface area contributed by atoms with Gasteiger partial charge in [-0.15, -0.1) is 0 Å². The summed E-state index contributed by atoms with van der Waals surface area (Å²) in [7, 11) is 0. The summed E-state index contributed by atoms with van der Waals surface area (Å²) in [6.07, 6.45) is -1.06. The minimum absolute atomic E-state index is 0.171. The van der Waals surface area contributed by atoms with E-state index < -0.39 is 18.2 Å². The van der Waals surface area contributed by atoms with Crippen LogP contribution in [-0.4, -0.2) is 34.7 Å². The van der Waals surface area contributed by atoms with Crippen LogP contribution in [0.4, 0.5) is 9.59 Å². The average molecular weight is 272 g/mol. The van der Waals surface area contributed by atoms with Gasteiger partial charge < -0.3 is 16.6 Å². The number of nitrogens with zero attached hydrogens (tertiary/aromatic N) is 1. The summed E-state index contributed by atoms with van der Waals surface area (Å²) in [4.78, 5) is 22.1. The number of carbonyl (C=O) groups is 2. The van der Waals surface area contributed by atoms with Crippen molar-refractivity contribution in [3.8, 4) is 0 Å². The monoisotopic (exact) mass is 271 g/mol. The Morgan fingerprint density at radius 3 is 2.50 bits per heavy atom. The van der Waals surface area contributed by atoms with Gasteiger partial charge in [-0.2, -0.15) is 0 Å². The van der Waals surface area contributed by atoms with Crippen molar-refractivity contribution in [1.82, 2.24) is 4.90 Å². The topological polar surface area (TPSA) is 110 Å². The maximum Gasteiger partial charge on any atom is 0.415 e. The number of urea groups is 1. The summed E-state index contributed by atoms with van der Waals surface area (Å²) in [5.41, 5.74) is 11.5. The van der Waals surface area contributed by atoms with Gasteiger partial charge in [-0.05, 0) is 18.1 Å². The lowest BCUT2D eigenvalue weighted by Gasteiger charge is -2.19. The van der Waals surface area contributed by atoms with E-state index in [2.05, 4.69) is 0 Å². The zero-order chi connectivity index (χ0) is 13.7. The van der Waals surface area contributed by atoms with E-state index in [-0.39, 0.29) is 6.54 Å². The summed E-state index contributed by atoms with van der Waals surface area (Å²) in [5.74, 6) is 0. The fourth-order valence-corrected chi connectivity index (χ4v) is 1.72. The zero-order valence-corrected chi connectivity index (χ0v) is 10.3. The molecule has 0 aliphatic carbocycles. The van der Waals surface area contributed by atoms with Crippen LogP contribution in [0, 0.1) is 0 Å². The highest BCUT2D eigenvalue weighted by Gasteiger charge is 2.21. The first-order chi connectivity index (χ1) is 8.41.